The first kappa shape index (κ1) is 20.5. The fourth-order valence-electron chi connectivity index (χ4n) is 3.02. The highest BCUT2D eigenvalue weighted by Crippen LogP contribution is 2.48. The molecular formula is C20H32F2O2Si. The van der Waals surface area contributed by atoms with E-state index in [1.165, 1.54) is 27.0 Å². The van der Waals surface area contributed by atoms with Gasteiger partial charge in [0.25, 0.3) is 0 Å². The Kier molecular flexibility index (Phi) is 5.28. The van der Waals surface area contributed by atoms with E-state index in [0.29, 0.717) is 6.42 Å². The normalized spacial score (nSPS) is 19.2. The van der Waals surface area contributed by atoms with Crippen molar-refractivity contribution < 1.29 is 17.9 Å². The zero-order chi connectivity index (χ0) is 19.3. The van der Waals surface area contributed by atoms with Gasteiger partial charge in [0, 0.05) is 12.7 Å². The minimum atomic E-state index is -3.06. The molecule has 1 aliphatic carbocycles. The smallest absolute Gasteiger partial charge is 0.301 e. The van der Waals surface area contributed by atoms with E-state index in [0.717, 1.165) is 17.5 Å². The Morgan fingerprint density at radius 3 is 2.20 bits per heavy atom. The molecule has 0 radical (unpaired) electrons. The Hall–Kier alpha value is -0.783. The lowest BCUT2D eigenvalue weighted by molar-refractivity contribution is -0.185. The molecule has 1 aliphatic rings. The average molecular weight is 371 g/mol. The van der Waals surface area contributed by atoms with Crippen LogP contribution in [0, 0.1) is 0 Å². The van der Waals surface area contributed by atoms with Gasteiger partial charge in [0.2, 0.25) is 0 Å². The van der Waals surface area contributed by atoms with Crippen LogP contribution in [0.3, 0.4) is 0 Å². The Balaban J connectivity index is 2.41. The van der Waals surface area contributed by atoms with Crippen molar-refractivity contribution in [3.05, 3.63) is 34.9 Å². The molecule has 2 nitrogen and oxygen atoms in total. The number of rotatable bonds is 5. The molecule has 0 spiro atoms. The maximum absolute atomic E-state index is 15.1. The van der Waals surface area contributed by atoms with E-state index in [-0.39, 0.29) is 16.7 Å². The van der Waals surface area contributed by atoms with Crippen molar-refractivity contribution in [3.63, 3.8) is 0 Å². The minimum Gasteiger partial charge on any atom is -0.410 e. The lowest BCUT2D eigenvalue weighted by atomic mass is 9.88. The molecule has 0 saturated carbocycles. The highest BCUT2D eigenvalue weighted by Gasteiger charge is 2.51. The predicted octanol–water partition coefficient (Wildman–Crippen LogP) is 6.21. The van der Waals surface area contributed by atoms with E-state index >= 15 is 8.78 Å². The molecule has 1 atom stereocenters. The molecule has 25 heavy (non-hydrogen) atoms. The van der Waals surface area contributed by atoms with Crippen molar-refractivity contribution in [2.45, 2.75) is 83.2 Å². The van der Waals surface area contributed by atoms with Crippen LogP contribution in [0.5, 0.6) is 0 Å². The monoisotopic (exact) mass is 370 g/mol. The number of benzene rings is 1. The van der Waals surface area contributed by atoms with Gasteiger partial charge in [-0.05, 0) is 55.9 Å². The molecule has 5 heteroatoms. The summed E-state index contributed by atoms with van der Waals surface area (Å²) in [6.45, 7) is 13.9. The van der Waals surface area contributed by atoms with E-state index in [1.54, 1.807) is 6.07 Å². The third-order valence-electron chi connectivity index (χ3n) is 6.06. The summed E-state index contributed by atoms with van der Waals surface area (Å²) >= 11 is 0. The van der Waals surface area contributed by atoms with Crippen LogP contribution >= 0.6 is 0 Å². The number of halogens is 2. The molecule has 1 unspecified atom stereocenters. The first-order chi connectivity index (χ1) is 11.2. The quantitative estimate of drug-likeness (QED) is 0.573. The van der Waals surface area contributed by atoms with Crippen molar-refractivity contribution in [1.82, 2.24) is 0 Å². The fraction of sp³-hybridized carbons (Fsp3) is 0.700. The zero-order valence-electron chi connectivity index (χ0n) is 16.8. The first-order valence-electron chi connectivity index (χ1n) is 8.97. The Bertz CT molecular complexity index is 633. The third kappa shape index (κ3) is 3.56. The number of alkyl halides is 2. The van der Waals surface area contributed by atoms with Crippen LogP contribution in [-0.4, -0.2) is 21.0 Å². The lowest BCUT2D eigenvalue weighted by Gasteiger charge is -2.38. The zero-order valence-corrected chi connectivity index (χ0v) is 17.8. The van der Waals surface area contributed by atoms with Crippen molar-refractivity contribution >= 4 is 8.32 Å². The minimum absolute atomic E-state index is 0.0816. The molecule has 0 aromatic heterocycles. The highest BCUT2D eigenvalue weighted by atomic mass is 28.4. The van der Waals surface area contributed by atoms with Crippen molar-refractivity contribution in [3.8, 4) is 0 Å². The van der Waals surface area contributed by atoms with Gasteiger partial charge in [-0.1, -0.05) is 39.0 Å². The maximum atomic E-state index is 15.1. The van der Waals surface area contributed by atoms with Crippen LogP contribution in [0.25, 0.3) is 0 Å². The van der Waals surface area contributed by atoms with E-state index < -0.39 is 19.8 Å². The van der Waals surface area contributed by atoms with Crippen molar-refractivity contribution in [2.24, 2.45) is 0 Å². The van der Waals surface area contributed by atoms with E-state index in [9.17, 15) is 0 Å². The van der Waals surface area contributed by atoms with Gasteiger partial charge in [-0.15, -0.1) is 0 Å². The van der Waals surface area contributed by atoms with Gasteiger partial charge in [0.15, 0.2) is 8.32 Å². The summed E-state index contributed by atoms with van der Waals surface area (Å²) in [5.74, 6) is -3.06. The summed E-state index contributed by atoms with van der Waals surface area (Å²) in [7, 11) is -0.624. The summed E-state index contributed by atoms with van der Waals surface area (Å²) in [5, 5.41) is 0.0926. The van der Waals surface area contributed by atoms with Gasteiger partial charge in [-0.2, -0.15) is 8.78 Å². The Morgan fingerprint density at radius 2 is 1.68 bits per heavy atom. The number of hydrogen-bond donors (Lipinski definition) is 0. The van der Waals surface area contributed by atoms with E-state index in [2.05, 4.69) is 33.9 Å². The molecule has 0 N–H and O–H groups in total. The lowest BCUT2D eigenvalue weighted by Crippen LogP contribution is -2.43. The number of methoxy groups -OCH3 is 1. The molecule has 1 aromatic rings. The second-order valence-corrected chi connectivity index (χ2v) is 13.8. The summed E-state index contributed by atoms with van der Waals surface area (Å²) in [6.07, 6.45) is 1.31. The molecule has 1 aromatic carbocycles. The van der Waals surface area contributed by atoms with Crippen LogP contribution in [-0.2, 0) is 21.5 Å². The van der Waals surface area contributed by atoms with Crippen LogP contribution in [0.15, 0.2) is 18.2 Å². The topological polar surface area (TPSA) is 18.5 Å². The summed E-state index contributed by atoms with van der Waals surface area (Å²) in [6, 6.07) is 5.20. The van der Waals surface area contributed by atoms with E-state index in [1.807, 2.05) is 6.07 Å². The van der Waals surface area contributed by atoms with Gasteiger partial charge >= 0.3 is 5.92 Å². The third-order valence-corrected chi connectivity index (χ3v) is 10.5. The fourth-order valence-corrected chi connectivity index (χ4v) is 4.33. The van der Waals surface area contributed by atoms with Gasteiger partial charge in [-0.25, -0.2) is 0 Å². The van der Waals surface area contributed by atoms with Crippen LogP contribution in [0.1, 0.15) is 63.8 Å². The van der Waals surface area contributed by atoms with Gasteiger partial charge < -0.3 is 9.16 Å². The standard InChI is InChI=1S/C20H32F2O2Si/c1-18(2,3)25(7,8)24-17-13-12-14-15(17)10-9-11-16(14)20(21,22)19(4,5)23-6/h9-11,17H,12-13H2,1-8H3. The predicted molar refractivity (Wildman–Crippen MR) is 101 cm³/mol. The maximum Gasteiger partial charge on any atom is 0.301 e. The van der Waals surface area contributed by atoms with Crippen LogP contribution in [0.4, 0.5) is 8.78 Å². The number of fused-ring (bicyclic) bond motifs is 1. The van der Waals surface area contributed by atoms with Crippen molar-refractivity contribution in [1.29, 1.82) is 0 Å². The molecular weight excluding hydrogens is 338 g/mol. The molecule has 0 saturated heterocycles. The van der Waals surface area contributed by atoms with Crippen molar-refractivity contribution in [2.75, 3.05) is 7.11 Å². The van der Waals surface area contributed by atoms with Gasteiger partial charge in [-0.3, -0.25) is 0 Å². The van der Waals surface area contributed by atoms with Crippen LogP contribution in [0.2, 0.25) is 18.1 Å². The SMILES string of the molecule is COC(C)(C)C(F)(F)c1cccc2c1CCC2O[Si](C)(C)C(C)(C)C. The molecule has 0 fully saturated rings. The summed E-state index contributed by atoms with van der Waals surface area (Å²) in [4.78, 5) is 0. The average Bonchev–Trinajstić information content (AvgIpc) is 2.88. The highest BCUT2D eigenvalue weighted by molar-refractivity contribution is 6.74. The molecule has 0 amide bonds. The molecule has 0 aliphatic heterocycles. The second-order valence-electron chi connectivity index (χ2n) is 9.07. The van der Waals surface area contributed by atoms with E-state index in [4.69, 9.17) is 9.16 Å². The summed E-state index contributed by atoms with van der Waals surface area (Å²) in [5.41, 5.74) is 0.189. The number of hydrogen-bond acceptors (Lipinski definition) is 2. The molecule has 2 rings (SSSR count). The molecule has 0 bridgehead atoms. The van der Waals surface area contributed by atoms with Crippen LogP contribution < -0.4 is 0 Å². The Labute approximate surface area is 152 Å². The largest absolute Gasteiger partial charge is 0.410 e. The van der Waals surface area contributed by atoms with Gasteiger partial charge in [0.1, 0.15) is 5.60 Å². The first-order valence-corrected chi connectivity index (χ1v) is 11.9. The Morgan fingerprint density at radius 1 is 1.08 bits per heavy atom. The van der Waals surface area contributed by atoms with Gasteiger partial charge in [0.05, 0.1) is 6.10 Å². The number of ether oxygens (including phenoxy) is 1. The second kappa shape index (κ2) is 6.43. The molecule has 142 valence electrons. The summed E-state index contributed by atoms with van der Waals surface area (Å²) < 4.78 is 41.8. The molecule has 0 heterocycles.